The first-order valence-corrected chi connectivity index (χ1v) is 16.8. The van der Waals surface area contributed by atoms with E-state index in [1.54, 1.807) is 0 Å². The van der Waals surface area contributed by atoms with Crippen LogP contribution in [-0.2, 0) is 0 Å². The smallest absolute Gasteiger partial charge is 0.258 e. The van der Waals surface area contributed by atoms with Gasteiger partial charge in [0.1, 0.15) is 0 Å². The molecule has 50 heavy (non-hydrogen) atoms. The summed E-state index contributed by atoms with van der Waals surface area (Å²) < 4.78 is 8.04. The molecule has 2 heterocycles. The lowest BCUT2D eigenvalue weighted by Crippen LogP contribution is -1.94. The quantitative estimate of drug-likeness (QED) is 0.188. The molecule has 4 heteroatoms. The Morgan fingerprint density at radius 1 is 0.400 bits per heavy atom. The largest absolute Gasteiger partial charge is 0.334 e. The molecule has 0 unspecified atom stereocenters. The van der Waals surface area contributed by atoms with Gasteiger partial charge in [-0.2, -0.15) is 4.98 Å². The first kappa shape index (κ1) is 28.3. The van der Waals surface area contributed by atoms with Crippen molar-refractivity contribution in [2.45, 2.75) is 0 Å². The van der Waals surface area contributed by atoms with E-state index in [1.165, 1.54) is 54.6 Å². The number of hydrogen-bond acceptors (Lipinski definition) is 3. The Morgan fingerprint density at radius 3 is 1.52 bits per heavy atom. The maximum absolute atomic E-state index is 5.68. The van der Waals surface area contributed by atoms with E-state index in [0.717, 1.165) is 27.8 Å². The van der Waals surface area contributed by atoms with Crippen LogP contribution in [-0.4, -0.2) is 14.7 Å². The summed E-state index contributed by atoms with van der Waals surface area (Å²) in [4.78, 5) is 4.68. The molecule has 0 saturated heterocycles. The molecule has 0 atom stereocenters. The van der Waals surface area contributed by atoms with Crippen LogP contribution in [0.1, 0.15) is 0 Å². The summed E-state index contributed by atoms with van der Waals surface area (Å²) in [6.45, 7) is 0. The minimum absolute atomic E-state index is 0.497. The fourth-order valence-corrected chi connectivity index (χ4v) is 7.39. The summed E-state index contributed by atoms with van der Waals surface area (Å²) in [5.41, 5.74) is 10.0. The molecule has 0 radical (unpaired) electrons. The molecule has 4 nitrogen and oxygen atoms in total. The molecule has 0 aliphatic carbocycles. The third-order valence-electron chi connectivity index (χ3n) is 9.80. The van der Waals surface area contributed by atoms with Crippen molar-refractivity contribution in [2.24, 2.45) is 0 Å². The van der Waals surface area contributed by atoms with Crippen molar-refractivity contribution in [1.29, 1.82) is 0 Å². The fourth-order valence-electron chi connectivity index (χ4n) is 7.39. The van der Waals surface area contributed by atoms with Gasteiger partial charge in [-0.1, -0.05) is 133 Å². The molecule has 8 aromatic carbocycles. The summed E-state index contributed by atoms with van der Waals surface area (Å²) in [5, 5.41) is 11.6. The van der Waals surface area contributed by atoms with Crippen molar-refractivity contribution in [3.8, 4) is 50.8 Å². The van der Waals surface area contributed by atoms with E-state index in [0.29, 0.717) is 11.7 Å². The summed E-state index contributed by atoms with van der Waals surface area (Å²) in [5.74, 6) is 1.08. The van der Waals surface area contributed by atoms with Crippen molar-refractivity contribution in [3.05, 3.63) is 176 Å². The van der Waals surface area contributed by atoms with Gasteiger partial charge in [-0.25, -0.2) is 0 Å². The molecule has 2 aromatic heterocycles. The SMILES string of the molecule is c1ccc(-c2noc(-c3ccc(-n4c5ccc(-c6cccc7ccccc67)cc5c5cc(-c6cccc7ccccc67)ccc54)cc3)n2)cc1. The zero-order chi connectivity index (χ0) is 33.0. The van der Waals surface area contributed by atoms with E-state index in [-0.39, 0.29) is 0 Å². The Bertz CT molecular complexity index is 2720. The summed E-state index contributed by atoms with van der Waals surface area (Å²) in [6, 6.07) is 62.4. The van der Waals surface area contributed by atoms with Gasteiger partial charge in [0.25, 0.3) is 5.89 Å². The predicted molar refractivity (Wildman–Crippen MR) is 205 cm³/mol. The highest BCUT2D eigenvalue weighted by molar-refractivity contribution is 6.13. The second kappa shape index (κ2) is 11.4. The average Bonchev–Trinajstić information content (AvgIpc) is 3.81. The van der Waals surface area contributed by atoms with Gasteiger partial charge in [-0.3, -0.25) is 0 Å². The third kappa shape index (κ3) is 4.61. The van der Waals surface area contributed by atoms with Crippen LogP contribution in [0.15, 0.2) is 180 Å². The number of aromatic nitrogens is 3. The van der Waals surface area contributed by atoms with Crippen LogP contribution in [0, 0.1) is 0 Å². The van der Waals surface area contributed by atoms with E-state index in [4.69, 9.17) is 4.52 Å². The second-order valence-corrected chi connectivity index (χ2v) is 12.7. The number of fused-ring (bicyclic) bond motifs is 5. The van der Waals surface area contributed by atoms with Crippen LogP contribution in [0.4, 0.5) is 0 Å². The summed E-state index contributed by atoms with van der Waals surface area (Å²) in [6.07, 6.45) is 0. The Balaban J connectivity index is 1.15. The second-order valence-electron chi connectivity index (χ2n) is 12.7. The van der Waals surface area contributed by atoms with E-state index < -0.39 is 0 Å². The Morgan fingerprint density at radius 2 is 0.920 bits per heavy atom. The lowest BCUT2D eigenvalue weighted by Gasteiger charge is -2.10. The molecule has 0 fully saturated rings. The first-order chi connectivity index (χ1) is 24.8. The van der Waals surface area contributed by atoms with Gasteiger partial charge >= 0.3 is 0 Å². The van der Waals surface area contributed by atoms with E-state index in [1.807, 2.05) is 30.3 Å². The molecule has 10 aromatic rings. The van der Waals surface area contributed by atoms with Gasteiger partial charge in [0.05, 0.1) is 11.0 Å². The van der Waals surface area contributed by atoms with Crippen molar-refractivity contribution in [1.82, 2.24) is 14.7 Å². The summed E-state index contributed by atoms with van der Waals surface area (Å²) in [7, 11) is 0. The van der Waals surface area contributed by atoms with Gasteiger partial charge < -0.3 is 9.09 Å². The number of benzene rings is 8. The molecular weight excluding hydrogens is 611 g/mol. The lowest BCUT2D eigenvalue weighted by molar-refractivity contribution is 0.432. The number of hydrogen-bond donors (Lipinski definition) is 0. The van der Waals surface area contributed by atoms with Crippen LogP contribution in [0.2, 0.25) is 0 Å². The van der Waals surface area contributed by atoms with Gasteiger partial charge in [0.15, 0.2) is 0 Å². The normalized spacial score (nSPS) is 11.6. The van der Waals surface area contributed by atoms with Crippen LogP contribution in [0.5, 0.6) is 0 Å². The molecular formula is C46H29N3O. The molecule has 0 saturated carbocycles. The maximum atomic E-state index is 5.68. The average molecular weight is 640 g/mol. The van der Waals surface area contributed by atoms with Crippen molar-refractivity contribution in [2.75, 3.05) is 0 Å². The number of nitrogens with zero attached hydrogens (tertiary/aromatic N) is 3. The molecule has 10 rings (SSSR count). The van der Waals surface area contributed by atoms with Crippen LogP contribution in [0.3, 0.4) is 0 Å². The first-order valence-electron chi connectivity index (χ1n) is 16.8. The predicted octanol–water partition coefficient (Wildman–Crippen LogP) is 12.1. The highest BCUT2D eigenvalue weighted by Gasteiger charge is 2.17. The zero-order valence-corrected chi connectivity index (χ0v) is 27.0. The standard InChI is InChI=1S/C46H29N3O/c1-2-12-32(13-3-1)45-47-46(50-48-45)33-20-24-36(25-21-33)49-43-26-22-34(39-18-8-14-30-10-4-6-16-37(30)39)28-41(43)42-29-35(23-27-44(42)49)40-19-9-15-31-11-5-7-17-38(31)40/h1-29H. The highest BCUT2D eigenvalue weighted by Crippen LogP contribution is 2.40. The fraction of sp³-hybridized carbons (Fsp3) is 0. The van der Waals surface area contributed by atoms with E-state index in [9.17, 15) is 0 Å². The van der Waals surface area contributed by atoms with Crippen LogP contribution in [0.25, 0.3) is 94.1 Å². The van der Waals surface area contributed by atoms with Crippen molar-refractivity contribution in [3.63, 3.8) is 0 Å². The Kier molecular flexibility index (Phi) is 6.46. The molecule has 234 valence electrons. The Labute approximate surface area is 288 Å². The van der Waals surface area contributed by atoms with Gasteiger partial charge in [0.2, 0.25) is 5.82 Å². The topological polar surface area (TPSA) is 43.9 Å². The minimum atomic E-state index is 0.497. The summed E-state index contributed by atoms with van der Waals surface area (Å²) >= 11 is 0. The maximum Gasteiger partial charge on any atom is 0.258 e. The van der Waals surface area contributed by atoms with E-state index in [2.05, 4.69) is 160 Å². The number of rotatable bonds is 5. The third-order valence-corrected chi connectivity index (χ3v) is 9.80. The molecule has 0 aliphatic heterocycles. The molecule has 0 amide bonds. The molecule has 0 spiro atoms. The molecule has 0 aliphatic rings. The zero-order valence-electron chi connectivity index (χ0n) is 27.0. The minimum Gasteiger partial charge on any atom is -0.334 e. The van der Waals surface area contributed by atoms with Crippen molar-refractivity contribution >= 4 is 43.4 Å². The molecule has 0 bridgehead atoms. The lowest BCUT2D eigenvalue weighted by atomic mass is 9.95. The van der Waals surface area contributed by atoms with Gasteiger partial charge in [0, 0.05) is 27.6 Å². The Hall–Kier alpha value is -6.78. The molecule has 0 N–H and O–H groups in total. The highest BCUT2D eigenvalue weighted by atomic mass is 16.5. The van der Waals surface area contributed by atoms with E-state index >= 15 is 0 Å². The van der Waals surface area contributed by atoms with Gasteiger partial charge in [-0.15, -0.1) is 0 Å². The van der Waals surface area contributed by atoms with Crippen molar-refractivity contribution < 1.29 is 4.52 Å². The van der Waals surface area contributed by atoms with Gasteiger partial charge in [-0.05, 0) is 92.3 Å². The monoisotopic (exact) mass is 639 g/mol. The van der Waals surface area contributed by atoms with Crippen LogP contribution < -0.4 is 0 Å². The van der Waals surface area contributed by atoms with Crippen LogP contribution >= 0.6 is 0 Å².